The van der Waals surface area contributed by atoms with Gasteiger partial charge in [-0.1, -0.05) is 48.5 Å². The van der Waals surface area contributed by atoms with Gasteiger partial charge >= 0.3 is 18.2 Å². The van der Waals surface area contributed by atoms with Gasteiger partial charge in [-0.05, 0) is 60.6 Å². The minimum Gasteiger partial charge on any atom is -0.492 e. The lowest BCUT2D eigenvalue weighted by Crippen LogP contribution is -2.37. The molecular weight excluding hydrogens is 571 g/mol. The van der Waals surface area contributed by atoms with Crippen LogP contribution < -0.4 is 9.47 Å². The van der Waals surface area contributed by atoms with E-state index in [1.54, 1.807) is 43.0 Å². The van der Waals surface area contributed by atoms with E-state index >= 15 is 0 Å². The Morgan fingerprint density at radius 3 is 2.33 bits per heavy atom. The Bertz CT molecular complexity index is 1260. The van der Waals surface area contributed by atoms with Gasteiger partial charge < -0.3 is 24.2 Å². The van der Waals surface area contributed by atoms with Crippen LogP contribution in [-0.4, -0.2) is 60.2 Å². The van der Waals surface area contributed by atoms with Crippen LogP contribution in [0.15, 0.2) is 78.9 Å². The van der Waals surface area contributed by atoms with Crippen LogP contribution in [0.3, 0.4) is 0 Å². The molecule has 1 N–H and O–H groups in total. The average Bonchev–Trinajstić information content (AvgIpc) is 2.97. The Morgan fingerprint density at radius 2 is 1.67 bits per heavy atom. The van der Waals surface area contributed by atoms with E-state index in [1.165, 1.54) is 22.6 Å². The first-order valence-corrected chi connectivity index (χ1v) is 14.6. The first-order chi connectivity index (χ1) is 20.2. The number of carboxylic acid groups (broad SMARTS) is 1. The second-order valence-corrected chi connectivity index (χ2v) is 10.4. The van der Waals surface area contributed by atoms with E-state index in [2.05, 4.69) is 0 Å². The molecule has 1 unspecified atom stereocenters. The summed E-state index contributed by atoms with van der Waals surface area (Å²) in [4.78, 5) is 25.7. The largest absolute Gasteiger partial charge is 0.492 e. The first kappa shape index (κ1) is 32.8. The molecule has 0 heterocycles. The zero-order valence-corrected chi connectivity index (χ0v) is 24.0. The monoisotopic (exact) mass is 605 g/mol. The number of carbonyl (C=O) groups excluding carboxylic acids is 1. The summed E-state index contributed by atoms with van der Waals surface area (Å²) in [6.45, 7) is 2.61. The molecule has 0 aromatic heterocycles. The van der Waals surface area contributed by atoms with Crippen molar-refractivity contribution in [3.63, 3.8) is 0 Å². The number of ether oxygens (including phenoxy) is 3. The Balaban J connectivity index is 1.56. The molecule has 0 aliphatic rings. The van der Waals surface area contributed by atoms with Crippen molar-refractivity contribution in [3.8, 4) is 11.5 Å². The van der Waals surface area contributed by atoms with Gasteiger partial charge in [-0.15, -0.1) is 0 Å². The number of aliphatic carboxylic acids is 1. The lowest BCUT2D eigenvalue weighted by atomic mass is 10.1. The van der Waals surface area contributed by atoms with E-state index in [0.29, 0.717) is 18.7 Å². The molecule has 0 saturated heterocycles. The number of carbonyl (C=O) groups is 2. The van der Waals surface area contributed by atoms with E-state index in [0.717, 1.165) is 29.2 Å². The number of rotatable bonds is 16. The smallest absolute Gasteiger partial charge is 0.416 e. The molecule has 1 amide bonds. The molecular formula is C31H34F3NO6S. The molecule has 0 aliphatic carbocycles. The molecule has 11 heteroatoms. The van der Waals surface area contributed by atoms with Gasteiger partial charge in [-0.2, -0.15) is 24.9 Å². The molecule has 226 valence electrons. The second kappa shape index (κ2) is 16.7. The van der Waals surface area contributed by atoms with Gasteiger partial charge in [0.25, 0.3) is 0 Å². The van der Waals surface area contributed by atoms with Crippen molar-refractivity contribution < 1.29 is 42.1 Å². The molecule has 1 atom stereocenters. The highest BCUT2D eigenvalue weighted by molar-refractivity contribution is 7.98. The third-order valence-electron chi connectivity index (χ3n) is 6.07. The molecule has 0 spiro atoms. The van der Waals surface area contributed by atoms with E-state index in [1.807, 2.05) is 30.3 Å². The van der Waals surface area contributed by atoms with E-state index in [4.69, 9.17) is 14.2 Å². The normalized spacial score (nSPS) is 12.0. The van der Waals surface area contributed by atoms with Crippen molar-refractivity contribution in [3.05, 3.63) is 95.6 Å². The predicted octanol–water partition coefficient (Wildman–Crippen LogP) is 6.94. The first-order valence-electron chi connectivity index (χ1n) is 13.5. The summed E-state index contributed by atoms with van der Waals surface area (Å²) in [5.41, 5.74) is 1.06. The van der Waals surface area contributed by atoms with Crippen LogP contribution in [-0.2, 0) is 27.9 Å². The van der Waals surface area contributed by atoms with Gasteiger partial charge in [0.05, 0.1) is 12.1 Å². The predicted molar refractivity (Wildman–Crippen MR) is 155 cm³/mol. The summed E-state index contributed by atoms with van der Waals surface area (Å²) in [5, 5.41) is 9.28. The zero-order valence-electron chi connectivity index (χ0n) is 23.2. The topological polar surface area (TPSA) is 85.3 Å². The van der Waals surface area contributed by atoms with Crippen molar-refractivity contribution in [2.24, 2.45) is 0 Å². The zero-order chi connectivity index (χ0) is 30.4. The molecule has 0 fully saturated rings. The number of carboxylic acids is 1. The molecule has 3 aromatic rings. The number of nitrogens with zero attached hydrogens (tertiary/aromatic N) is 1. The van der Waals surface area contributed by atoms with Crippen LogP contribution in [0, 0.1) is 0 Å². The molecule has 7 nitrogen and oxygen atoms in total. The van der Waals surface area contributed by atoms with Gasteiger partial charge in [0.15, 0.2) is 6.10 Å². The van der Waals surface area contributed by atoms with Crippen molar-refractivity contribution >= 4 is 23.8 Å². The number of hydrogen-bond donors (Lipinski definition) is 1. The van der Waals surface area contributed by atoms with Crippen molar-refractivity contribution in [2.75, 3.05) is 32.1 Å². The van der Waals surface area contributed by atoms with Crippen LogP contribution in [0.4, 0.5) is 18.0 Å². The molecule has 0 aliphatic heterocycles. The third-order valence-corrected chi connectivity index (χ3v) is 7.19. The standard InChI is InChI=1S/C31H34F3NO6S/c1-2-39-28(29(36)37)20-23-12-14-26(15-13-23)40-18-17-35(16-7-19-42-22-24-8-4-3-5-9-24)30(38)41-27-11-6-10-25(21-27)31(32,33)34/h3-6,8-15,21,28H,2,7,16-20,22H2,1H3,(H,36,37). The van der Waals surface area contributed by atoms with E-state index in [9.17, 15) is 27.9 Å². The fourth-order valence-corrected chi connectivity index (χ4v) is 4.85. The van der Waals surface area contributed by atoms with Gasteiger partial charge in [-0.25, -0.2) is 9.59 Å². The summed E-state index contributed by atoms with van der Waals surface area (Å²) in [7, 11) is 0. The van der Waals surface area contributed by atoms with Gasteiger partial charge in [0.1, 0.15) is 18.1 Å². The van der Waals surface area contributed by atoms with Crippen LogP contribution in [0.5, 0.6) is 11.5 Å². The number of hydrogen-bond acceptors (Lipinski definition) is 6. The average molecular weight is 606 g/mol. The summed E-state index contributed by atoms with van der Waals surface area (Å²) >= 11 is 1.72. The number of halogens is 3. The SMILES string of the molecule is CCOC(Cc1ccc(OCCN(CCCSCc2ccccc2)C(=O)Oc2cccc(C(F)(F)F)c2)cc1)C(=O)O. The lowest BCUT2D eigenvalue weighted by Gasteiger charge is -2.22. The molecule has 0 radical (unpaired) electrons. The molecule has 3 rings (SSSR count). The van der Waals surface area contributed by atoms with Gasteiger partial charge in [-0.3, -0.25) is 0 Å². The lowest BCUT2D eigenvalue weighted by molar-refractivity contribution is -0.150. The molecule has 0 saturated carbocycles. The Kier molecular flexibility index (Phi) is 13.0. The minimum atomic E-state index is -4.56. The summed E-state index contributed by atoms with van der Waals surface area (Å²) in [6, 6.07) is 21.1. The quantitative estimate of drug-likeness (QED) is 0.177. The maximum absolute atomic E-state index is 13.1. The van der Waals surface area contributed by atoms with Crippen LogP contribution in [0.1, 0.15) is 30.0 Å². The van der Waals surface area contributed by atoms with Crippen LogP contribution >= 0.6 is 11.8 Å². The summed E-state index contributed by atoms with van der Waals surface area (Å²) in [6.07, 6.45) is -5.41. The fraction of sp³-hybridized carbons (Fsp3) is 0.355. The van der Waals surface area contributed by atoms with Crippen LogP contribution in [0.25, 0.3) is 0 Å². The molecule has 42 heavy (non-hydrogen) atoms. The molecule has 3 aromatic carbocycles. The second-order valence-electron chi connectivity index (χ2n) is 9.25. The number of thioether (sulfide) groups is 1. The van der Waals surface area contributed by atoms with E-state index < -0.39 is 29.9 Å². The number of amides is 1. The van der Waals surface area contributed by atoms with Crippen molar-refractivity contribution in [1.82, 2.24) is 4.90 Å². The van der Waals surface area contributed by atoms with Gasteiger partial charge in [0, 0.05) is 25.3 Å². The Hall–Kier alpha value is -3.70. The maximum atomic E-state index is 13.1. The van der Waals surface area contributed by atoms with Crippen molar-refractivity contribution in [2.45, 2.75) is 37.8 Å². The number of benzene rings is 3. The van der Waals surface area contributed by atoms with E-state index in [-0.39, 0.29) is 31.9 Å². The fourth-order valence-electron chi connectivity index (χ4n) is 3.95. The summed E-state index contributed by atoms with van der Waals surface area (Å²) < 4.78 is 55.7. The number of alkyl halides is 3. The maximum Gasteiger partial charge on any atom is 0.416 e. The summed E-state index contributed by atoms with van der Waals surface area (Å²) in [5.74, 6) is 0.886. The van der Waals surface area contributed by atoms with Gasteiger partial charge in [0.2, 0.25) is 0 Å². The Labute approximate surface area is 247 Å². The van der Waals surface area contributed by atoms with Crippen molar-refractivity contribution in [1.29, 1.82) is 0 Å². The highest BCUT2D eigenvalue weighted by Crippen LogP contribution is 2.31. The molecule has 0 bridgehead atoms. The van der Waals surface area contributed by atoms with Crippen LogP contribution in [0.2, 0.25) is 0 Å². The Morgan fingerprint density at radius 1 is 0.929 bits per heavy atom. The third kappa shape index (κ3) is 11.3. The highest BCUT2D eigenvalue weighted by Gasteiger charge is 2.31. The minimum absolute atomic E-state index is 0.116. The highest BCUT2D eigenvalue weighted by atomic mass is 32.2.